The molecule has 4 rings (SSSR count). The van der Waals surface area contributed by atoms with Gasteiger partial charge in [-0.15, -0.1) is 0 Å². The number of halogens is 3. The molecule has 9 nitrogen and oxygen atoms in total. The number of H-pyrrole nitrogens is 1. The molecule has 1 amide bonds. The summed E-state index contributed by atoms with van der Waals surface area (Å²) in [4.78, 5) is 33.7. The molecule has 2 unspecified atom stereocenters. The lowest BCUT2D eigenvalue weighted by Gasteiger charge is -2.40. The Morgan fingerprint density at radius 3 is 2.67 bits per heavy atom. The van der Waals surface area contributed by atoms with E-state index in [1.165, 1.54) is 42.7 Å². The smallest absolute Gasteiger partial charge is 0.257 e. The molecule has 2 aromatic heterocycles. The molecule has 1 aliphatic rings. The fraction of sp³-hybridized carbons (Fsp3) is 0.393. The van der Waals surface area contributed by atoms with E-state index >= 15 is 8.78 Å². The van der Waals surface area contributed by atoms with E-state index in [-0.39, 0.29) is 36.8 Å². The minimum absolute atomic E-state index is 0.0325. The Morgan fingerprint density at radius 1 is 1.23 bits per heavy atom. The van der Waals surface area contributed by atoms with Gasteiger partial charge in [-0.25, -0.2) is 18.2 Å². The number of aromatic amines is 1. The van der Waals surface area contributed by atoms with Gasteiger partial charge in [0.25, 0.3) is 11.5 Å². The first-order chi connectivity index (χ1) is 19.2. The van der Waals surface area contributed by atoms with E-state index in [1.807, 2.05) is 0 Å². The molecule has 0 bridgehead atoms. The molecule has 1 aliphatic heterocycles. The fourth-order valence-corrected chi connectivity index (χ4v) is 4.46. The van der Waals surface area contributed by atoms with Gasteiger partial charge in [0.1, 0.15) is 23.1 Å². The van der Waals surface area contributed by atoms with Crippen molar-refractivity contribution in [1.82, 2.24) is 20.2 Å². The Balaban J connectivity index is 1.39. The van der Waals surface area contributed by atoms with Crippen LogP contribution in [0.2, 0.25) is 0 Å². The number of piperidine rings is 1. The van der Waals surface area contributed by atoms with Crippen molar-refractivity contribution in [2.24, 2.45) is 0 Å². The van der Waals surface area contributed by atoms with Gasteiger partial charge in [-0.1, -0.05) is 0 Å². The third-order valence-corrected chi connectivity index (χ3v) is 6.83. The maximum Gasteiger partial charge on any atom is 0.257 e. The SMILES string of the molecule is COCCNCc1cc(C2CN(C(C)C(=O)Nc3ccc(Oc4ccc(F)cc4)cn3)CCC2(F)F)c[nH]c1=O. The monoisotopic (exact) mass is 559 g/mol. The van der Waals surface area contributed by atoms with Crippen molar-refractivity contribution in [3.63, 3.8) is 0 Å². The zero-order valence-electron chi connectivity index (χ0n) is 22.3. The first-order valence-electron chi connectivity index (χ1n) is 12.9. The average molecular weight is 560 g/mol. The van der Waals surface area contributed by atoms with Crippen LogP contribution in [0.5, 0.6) is 11.5 Å². The van der Waals surface area contributed by atoms with E-state index in [0.29, 0.717) is 35.8 Å². The van der Waals surface area contributed by atoms with Gasteiger partial charge in [0.05, 0.1) is 24.8 Å². The average Bonchev–Trinajstić information content (AvgIpc) is 2.94. The van der Waals surface area contributed by atoms with E-state index in [2.05, 4.69) is 20.6 Å². The minimum atomic E-state index is -3.01. The number of likely N-dealkylation sites (tertiary alicyclic amines) is 1. The number of methoxy groups -OCH3 is 1. The molecule has 0 radical (unpaired) electrons. The van der Waals surface area contributed by atoms with Crippen molar-refractivity contribution in [2.45, 2.75) is 37.8 Å². The number of aromatic nitrogens is 2. The molecule has 3 N–H and O–H groups in total. The van der Waals surface area contributed by atoms with Gasteiger partial charge in [0.2, 0.25) is 5.91 Å². The predicted octanol–water partition coefficient (Wildman–Crippen LogP) is 3.89. The first-order valence-corrected chi connectivity index (χ1v) is 12.9. The van der Waals surface area contributed by atoms with Crippen LogP contribution in [0.3, 0.4) is 0 Å². The predicted molar refractivity (Wildman–Crippen MR) is 143 cm³/mol. The Hall–Kier alpha value is -3.74. The van der Waals surface area contributed by atoms with Crippen molar-refractivity contribution in [2.75, 3.05) is 38.7 Å². The molecule has 3 heterocycles. The zero-order chi connectivity index (χ0) is 28.7. The Morgan fingerprint density at radius 2 is 1.98 bits per heavy atom. The number of benzene rings is 1. The van der Waals surface area contributed by atoms with Crippen LogP contribution < -0.4 is 20.9 Å². The van der Waals surface area contributed by atoms with Crippen molar-refractivity contribution >= 4 is 11.7 Å². The summed E-state index contributed by atoms with van der Waals surface area (Å²) in [5.74, 6) is -3.88. The van der Waals surface area contributed by atoms with Gasteiger partial charge in [0.15, 0.2) is 0 Å². The van der Waals surface area contributed by atoms with Crippen molar-refractivity contribution in [1.29, 1.82) is 0 Å². The number of anilines is 1. The highest BCUT2D eigenvalue weighted by Crippen LogP contribution is 2.40. The Bertz CT molecular complexity index is 1340. The fourth-order valence-electron chi connectivity index (χ4n) is 4.46. The van der Waals surface area contributed by atoms with E-state index in [9.17, 15) is 14.0 Å². The Kier molecular flexibility index (Phi) is 9.56. The molecular weight excluding hydrogens is 527 g/mol. The van der Waals surface area contributed by atoms with Crippen LogP contribution in [0.4, 0.5) is 19.0 Å². The molecule has 3 aromatic rings. The standard InChI is InChI=1S/C28H32F3N5O4/c1-18(26(37)35-25-8-7-23(16-33-25)40-22-5-3-21(29)4-6-22)36-11-9-28(30,31)24(17-36)19-13-20(27(38)34-15-19)14-32-10-12-39-2/h3-8,13,15-16,18,24,32H,9-12,14,17H2,1-2H3,(H,34,38)(H,33,35,37). The Labute approximate surface area is 229 Å². The highest BCUT2D eigenvalue weighted by Gasteiger charge is 2.46. The molecular formula is C28H32F3N5O4. The van der Waals surface area contributed by atoms with Crippen LogP contribution in [-0.2, 0) is 16.1 Å². The van der Waals surface area contributed by atoms with Crippen LogP contribution >= 0.6 is 0 Å². The van der Waals surface area contributed by atoms with Crippen LogP contribution in [0, 0.1) is 5.82 Å². The number of carbonyl (C=O) groups excluding carboxylic acids is 1. The summed E-state index contributed by atoms with van der Waals surface area (Å²) in [6, 6.07) is 9.46. The second-order valence-electron chi connectivity index (χ2n) is 9.62. The molecule has 2 atom stereocenters. The zero-order valence-corrected chi connectivity index (χ0v) is 22.3. The van der Waals surface area contributed by atoms with Crippen molar-refractivity contribution in [3.8, 4) is 11.5 Å². The number of rotatable bonds is 11. The maximum absolute atomic E-state index is 15.0. The third kappa shape index (κ3) is 7.46. The number of alkyl halides is 2. The van der Waals surface area contributed by atoms with E-state index in [1.54, 1.807) is 31.1 Å². The molecule has 1 aromatic carbocycles. The van der Waals surface area contributed by atoms with E-state index in [0.717, 1.165) is 0 Å². The topological polar surface area (TPSA) is 109 Å². The molecule has 0 spiro atoms. The van der Waals surface area contributed by atoms with E-state index < -0.39 is 30.2 Å². The van der Waals surface area contributed by atoms with Crippen LogP contribution in [0.15, 0.2) is 59.7 Å². The van der Waals surface area contributed by atoms with Gasteiger partial charge < -0.3 is 25.1 Å². The van der Waals surface area contributed by atoms with Crippen LogP contribution in [0.1, 0.15) is 30.4 Å². The number of carbonyl (C=O) groups is 1. The maximum atomic E-state index is 15.0. The molecule has 0 saturated carbocycles. The summed E-state index contributed by atoms with van der Waals surface area (Å²) in [7, 11) is 1.56. The molecule has 12 heteroatoms. The number of nitrogens with zero attached hydrogens (tertiary/aromatic N) is 2. The molecule has 1 fully saturated rings. The summed E-state index contributed by atoms with van der Waals surface area (Å²) < 4.78 is 53.7. The lowest BCUT2D eigenvalue weighted by molar-refractivity contribution is -0.125. The second-order valence-corrected chi connectivity index (χ2v) is 9.62. The van der Waals surface area contributed by atoms with Crippen molar-refractivity contribution in [3.05, 3.63) is 82.2 Å². The quantitative estimate of drug-likeness (QED) is 0.306. The largest absolute Gasteiger partial charge is 0.456 e. The first kappa shape index (κ1) is 29.2. The summed E-state index contributed by atoms with van der Waals surface area (Å²) in [5.41, 5.74) is 0.313. The number of hydrogen-bond donors (Lipinski definition) is 3. The van der Waals surface area contributed by atoms with Gasteiger partial charge in [0, 0.05) is 51.5 Å². The number of ether oxygens (including phenoxy) is 2. The van der Waals surface area contributed by atoms with Gasteiger partial charge >= 0.3 is 0 Å². The molecule has 40 heavy (non-hydrogen) atoms. The van der Waals surface area contributed by atoms with Crippen LogP contribution in [0.25, 0.3) is 0 Å². The highest BCUT2D eigenvalue weighted by atomic mass is 19.3. The van der Waals surface area contributed by atoms with Gasteiger partial charge in [-0.05, 0) is 55.0 Å². The highest BCUT2D eigenvalue weighted by molar-refractivity contribution is 5.93. The second kappa shape index (κ2) is 13.1. The lowest BCUT2D eigenvalue weighted by Crippen LogP contribution is -2.52. The van der Waals surface area contributed by atoms with Gasteiger partial charge in [-0.2, -0.15) is 0 Å². The molecule has 214 valence electrons. The number of hydrogen-bond acceptors (Lipinski definition) is 7. The van der Waals surface area contributed by atoms with Crippen molar-refractivity contribution < 1.29 is 27.4 Å². The third-order valence-electron chi connectivity index (χ3n) is 6.83. The number of amides is 1. The summed E-state index contributed by atoms with van der Waals surface area (Å²) >= 11 is 0. The minimum Gasteiger partial charge on any atom is -0.456 e. The summed E-state index contributed by atoms with van der Waals surface area (Å²) in [6.07, 6.45) is 2.32. The molecule has 1 saturated heterocycles. The summed E-state index contributed by atoms with van der Waals surface area (Å²) in [5, 5.41) is 5.77. The summed E-state index contributed by atoms with van der Waals surface area (Å²) in [6.45, 7) is 2.80. The number of pyridine rings is 2. The normalized spacial score (nSPS) is 17.8. The molecule has 0 aliphatic carbocycles. The van der Waals surface area contributed by atoms with Crippen LogP contribution in [-0.4, -0.2) is 66.1 Å². The number of nitrogens with one attached hydrogen (secondary N) is 3. The van der Waals surface area contributed by atoms with E-state index in [4.69, 9.17) is 9.47 Å². The lowest BCUT2D eigenvalue weighted by atomic mass is 9.86. The van der Waals surface area contributed by atoms with Gasteiger partial charge in [-0.3, -0.25) is 14.5 Å².